The van der Waals surface area contributed by atoms with Gasteiger partial charge in [-0.05, 0) is 22.6 Å². The highest BCUT2D eigenvalue weighted by Crippen LogP contribution is 2.31. The van der Waals surface area contributed by atoms with Crippen molar-refractivity contribution in [3.8, 4) is 17.2 Å². The van der Waals surface area contributed by atoms with Crippen LogP contribution in [-0.4, -0.2) is 33.4 Å². The van der Waals surface area contributed by atoms with Crippen LogP contribution in [0, 0.1) is 0 Å². The van der Waals surface area contributed by atoms with Crippen molar-refractivity contribution >= 4 is 11.6 Å². The highest BCUT2D eigenvalue weighted by Gasteiger charge is 2.14. The predicted molar refractivity (Wildman–Crippen MR) is 59.7 cm³/mol. The van der Waals surface area contributed by atoms with Crippen molar-refractivity contribution in [3.05, 3.63) is 24.0 Å². The van der Waals surface area contributed by atoms with Crippen molar-refractivity contribution in [1.82, 2.24) is 20.2 Å². The predicted octanol–water partition coefficient (Wildman–Crippen LogP) is 1.17. The second-order valence-corrected chi connectivity index (χ2v) is 3.74. The quantitative estimate of drug-likeness (QED) is 0.751. The first-order chi connectivity index (χ1) is 8.38. The van der Waals surface area contributed by atoms with Crippen LogP contribution in [0.2, 0.25) is 0 Å². The van der Waals surface area contributed by atoms with Crippen LogP contribution in [-0.2, 0) is 5.88 Å². The summed E-state index contributed by atoms with van der Waals surface area (Å²) in [6.45, 7) is 1.12. The zero-order valence-corrected chi connectivity index (χ0v) is 9.59. The van der Waals surface area contributed by atoms with Crippen molar-refractivity contribution in [2.75, 3.05) is 13.2 Å². The summed E-state index contributed by atoms with van der Waals surface area (Å²) in [7, 11) is 0. The fourth-order valence-electron chi connectivity index (χ4n) is 1.65. The minimum Gasteiger partial charge on any atom is -0.486 e. The Morgan fingerprint density at radius 3 is 2.88 bits per heavy atom. The molecule has 1 aliphatic rings. The van der Waals surface area contributed by atoms with Crippen LogP contribution >= 0.6 is 11.6 Å². The maximum absolute atomic E-state index is 5.75. The first-order valence-corrected chi connectivity index (χ1v) is 5.65. The highest BCUT2D eigenvalue weighted by molar-refractivity contribution is 6.16. The summed E-state index contributed by atoms with van der Waals surface area (Å²) in [5, 5.41) is 11.3. The fraction of sp³-hybridized carbons (Fsp3) is 0.300. The molecule has 0 saturated heterocycles. The summed E-state index contributed by atoms with van der Waals surface area (Å²) >= 11 is 5.75. The lowest BCUT2D eigenvalue weighted by atomic mass is 10.2. The van der Waals surface area contributed by atoms with Gasteiger partial charge in [-0.2, -0.15) is 4.68 Å². The van der Waals surface area contributed by atoms with Gasteiger partial charge in [-0.25, -0.2) is 0 Å². The topological polar surface area (TPSA) is 62.1 Å². The number of ether oxygens (including phenoxy) is 2. The van der Waals surface area contributed by atoms with E-state index >= 15 is 0 Å². The van der Waals surface area contributed by atoms with Gasteiger partial charge < -0.3 is 9.47 Å². The third-order valence-corrected chi connectivity index (χ3v) is 2.66. The van der Waals surface area contributed by atoms with Gasteiger partial charge in [0.25, 0.3) is 0 Å². The van der Waals surface area contributed by atoms with Crippen molar-refractivity contribution < 1.29 is 9.47 Å². The molecular weight excluding hydrogens is 244 g/mol. The minimum absolute atomic E-state index is 0.251. The number of tetrazole rings is 1. The van der Waals surface area contributed by atoms with Crippen molar-refractivity contribution in [2.45, 2.75) is 5.88 Å². The molecule has 88 valence electrons. The van der Waals surface area contributed by atoms with Gasteiger partial charge in [0.15, 0.2) is 17.3 Å². The molecule has 0 radical (unpaired) electrons. The van der Waals surface area contributed by atoms with Crippen LogP contribution in [0.4, 0.5) is 0 Å². The molecule has 0 atom stereocenters. The Labute approximate surface area is 102 Å². The number of aromatic nitrogens is 4. The number of rotatable bonds is 2. The Hall–Kier alpha value is -1.82. The number of hydrogen-bond donors (Lipinski definition) is 0. The Morgan fingerprint density at radius 2 is 2.06 bits per heavy atom. The average Bonchev–Trinajstić information content (AvgIpc) is 2.86. The van der Waals surface area contributed by atoms with Crippen molar-refractivity contribution in [1.29, 1.82) is 0 Å². The number of alkyl halides is 1. The molecule has 1 aromatic carbocycles. The molecule has 0 bridgehead atoms. The summed E-state index contributed by atoms with van der Waals surface area (Å²) < 4.78 is 12.5. The Morgan fingerprint density at radius 1 is 1.24 bits per heavy atom. The third kappa shape index (κ3) is 1.80. The maximum atomic E-state index is 5.75. The summed E-state index contributed by atoms with van der Waals surface area (Å²) in [6.07, 6.45) is 0. The Balaban J connectivity index is 2.04. The minimum atomic E-state index is 0.251. The van der Waals surface area contributed by atoms with E-state index in [-0.39, 0.29) is 5.88 Å². The molecule has 2 heterocycles. The van der Waals surface area contributed by atoms with E-state index in [4.69, 9.17) is 21.1 Å². The first-order valence-electron chi connectivity index (χ1n) is 5.12. The average molecular weight is 253 g/mol. The standard InChI is InChI=1S/C10H9ClN4O2/c11-6-10-12-13-14-15(10)7-1-2-8-9(5-7)17-4-3-16-8/h1-2,5H,3-4,6H2. The molecule has 0 N–H and O–H groups in total. The van der Waals surface area contributed by atoms with Crippen LogP contribution in [0.1, 0.15) is 5.82 Å². The number of benzene rings is 1. The number of halogens is 1. The van der Waals surface area contributed by atoms with Gasteiger partial charge in [-0.15, -0.1) is 16.7 Å². The van der Waals surface area contributed by atoms with Gasteiger partial charge in [-0.3, -0.25) is 0 Å². The van der Waals surface area contributed by atoms with Crippen LogP contribution in [0.25, 0.3) is 5.69 Å². The normalized spacial score (nSPS) is 13.7. The van der Waals surface area contributed by atoms with E-state index < -0.39 is 0 Å². The van der Waals surface area contributed by atoms with E-state index in [1.54, 1.807) is 4.68 Å². The number of nitrogens with zero attached hydrogens (tertiary/aromatic N) is 4. The second-order valence-electron chi connectivity index (χ2n) is 3.47. The molecule has 0 amide bonds. The molecular formula is C10H9ClN4O2. The summed E-state index contributed by atoms with van der Waals surface area (Å²) in [4.78, 5) is 0. The van der Waals surface area contributed by atoms with Crippen molar-refractivity contribution in [3.63, 3.8) is 0 Å². The summed E-state index contributed by atoms with van der Waals surface area (Å²) in [5.41, 5.74) is 0.801. The molecule has 17 heavy (non-hydrogen) atoms. The lowest BCUT2D eigenvalue weighted by molar-refractivity contribution is 0.171. The van der Waals surface area contributed by atoms with Gasteiger partial charge in [-0.1, -0.05) is 0 Å². The Bertz CT molecular complexity index is 543. The highest BCUT2D eigenvalue weighted by atomic mass is 35.5. The lowest BCUT2D eigenvalue weighted by Crippen LogP contribution is -2.15. The van der Waals surface area contributed by atoms with E-state index in [1.165, 1.54) is 0 Å². The van der Waals surface area contributed by atoms with Gasteiger partial charge in [0, 0.05) is 6.07 Å². The SMILES string of the molecule is ClCc1nnnn1-c1ccc2c(c1)OCCO2. The molecule has 3 rings (SSSR count). The molecule has 0 aliphatic carbocycles. The van der Waals surface area contributed by atoms with Gasteiger partial charge in [0.1, 0.15) is 13.2 Å². The van der Waals surface area contributed by atoms with Crippen molar-refractivity contribution in [2.24, 2.45) is 0 Å². The molecule has 0 spiro atoms. The first kappa shape index (κ1) is 10.3. The molecule has 7 heteroatoms. The molecule has 1 aromatic heterocycles. The van der Waals surface area contributed by atoms with Gasteiger partial charge in [0.05, 0.1) is 11.6 Å². The van der Waals surface area contributed by atoms with E-state index in [0.29, 0.717) is 24.8 Å². The molecule has 2 aromatic rings. The lowest BCUT2D eigenvalue weighted by Gasteiger charge is -2.18. The van der Waals surface area contributed by atoms with Gasteiger partial charge in [0.2, 0.25) is 0 Å². The zero-order valence-electron chi connectivity index (χ0n) is 8.84. The maximum Gasteiger partial charge on any atom is 0.171 e. The van der Waals surface area contributed by atoms with Crippen LogP contribution < -0.4 is 9.47 Å². The summed E-state index contributed by atoms with van der Waals surface area (Å²) in [5.74, 6) is 2.27. The van der Waals surface area contributed by atoms with E-state index in [9.17, 15) is 0 Å². The fourth-order valence-corrected chi connectivity index (χ4v) is 1.82. The van der Waals surface area contributed by atoms with E-state index in [0.717, 1.165) is 11.4 Å². The number of hydrogen-bond acceptors (Lipinski definition) is 5. The van der Waals surface area contributed by atoms with E-state index in [1.807, 2.05) is 18.2 Å². The van der Waals surface area contributed by atoms with Crippen LogP contribution in [0.3, 0.4) is 0 Å². The molecule has 1 aliphatic heterocycles. The second kappa shape index (κ2) is 4.21. The monoisotopic (exact) mass is 252 g/mol. The summed E-state index contributed by atoms with van der Waals surface area (Å²) in [6, 6.07) is 5.53. The van der Waals surface area contributed by atoms with Crippen LogP contribution in [0.5, 0.6) is 11.5 Å². The molecule has 0 unspecified atom stereocenters. The van der Waals surface area contributed by atoms with Crippen LogP contribution in [0.15, 0.2) is 18.2 Å². The third-order valence-electron chi connectivity index (χ3n) is 2.42. The number of fused-ring (bicyclic) bond motifs is 1. The largest absolute Gasteiger partial charge is 0.486 e. The smallest absolute Gasteiger partial charge is 0.171 e. The Kier molecular flexibility index (Phi) is 2.56. The zero-order chi connectivity index (χ0) is 11.7. The van der Waals surface area contributed by atoms with E-state index in [2.05, 4.69) is 15.5 Å². The van der Waals surface area contributed by atoms with Gasteiger partial charge >= 0.3 is 0 Å². The molecule has 0 fully saturated rings. The molecule has 6 nitrogen and oxygen atoms in total. The molecule has 0 saturated carbocycles.